The molecule has 0 atom stereocenters. The second kappa shape index (κ2) is 11.7. The van der Waals surface area contributed by atoms with Crippen LogP contribution in [-0.2, 0) is 4.74 Å². The Balaban J connectivity index is 0.000000302. The van der Waals surface area contributed by atoms with Crippen molar-refractivity contribution in [2.45, 2.75) is 53.4 Å². The number of rotatable bonds is 6. The Bertz CT molecular complexity index is 241. The van der Waals surface area contributed by atoms with Gasteiger partial charge in [-0.05, 0) is 37.8 Å². The molecular formula is C16H28O. The first-order valence-corrected chi connectivity index (χ1v) is 6.82. The Labute approximate surface area is 107 Å². The zero-order valence-electron chi connectivity index (χ0n) is 12.0. The van der Waals surface area contributed by atoms with Crippen molar-refractivity contribution < 1.29 is 4.74 Å². The maximum Gasteiger partial charge on any atom is 0.0465 e. The van der Waals surface area contributed by atoms with Gasteiger partial charge in [-0.15, -0.1) is 0 Å². The van der Waals surface area contributed by atoms with Gasteiger partial charge in [0.2, 0.25) is 0 Å². The van der Waals surface area contributed by atoms with Crippen LogP contribution in [0.15, 0.2) is 24.3 Å². The molecule has 98 valence electrons. The minimum absolute atomic E-state index is 0.955. The van der Waals surface area contributed by atoms with E-state index in [-0.39, 0.29) is 0 Å². The van der Waals surface area contributed by atoms with Gasteiger partial charge in [-0.3, -0.25) is 0 Å². The highest BCUT2D eigenvalue weighted by atomic mass is 16.5. The summed E-state index contributed by atoms with van der Waals surface area (Å²) in [4.78, 5) is 0. The van der Waals surface area contributed by atoms with Crippen molar-refractivity contribution in [3.05, 3.63) is 35.4 Å². The molecule has 0 spiro atoms. The third kappa shape index (κ3) is 10.1. The van der Waals surface area contributed by atoms with Crippen molar-refractivity contribution in [1.82, 2.24) is 0 Å². The molecule has 1 rings (SSSR count). The highest BCUT2D eigenvalue weighted by Crippen LogP contribution is 2.02. The highest BCUT2D eigenvalue weighted by Gasteiger charge is 1.84. The predicted molar refractivity (Wildman–Crippen MR) is 76.6 cm³/mol. The van der Waals surface area contributed by atoms with Crippen molar-refractivity contribution in [3.8, 4) is 0 Å². The lowest BCUT2D eigenvalue weighted by molar-refractivity contribution is 0.128. The summed E-state index contributed by atoms with van der Waals surface area (Å²) in [5.74, 6) is 0. The fraction of sp³-hybridized carbons (Fsp3) is 0.625. The molecule has 17 heavy (non-hydrogen) atoms. The molecule has 0 saturated carbocycles. The van der Waals surface area contributed by atoms with Gasteiger partial charge in [0.1, 0.15) is 0 Å². The lowest BCUT2D eigenvalue weighted by atomic mass is 10.1. The molecule has 0 unspecified atom stereocenters. The maximum absolute atomic E-state index is 5.31. The number of hydrogen-bond acceptors (Lipinski definition) is 1. The molecule has 0 aliphatic rings. The first-order valence-electron chi connectivity index (χ1n) is 6.82. The zero-order valence-corrected chi connectivity index (χ0v) is 12.0. The minimum Gasteiger partial charge on any atom is -0.381 e. The summed E-state index contributed by atoms with van der Waals surface area (Å²) >= 11 is 0. The molecule has 0 fully saturated rings. The van der Waals surface area contributed by atoms with E-state index in [2.05, 4.69) is 52.0 Å². The van der Waals surface area contributed by atoms with Crippen molar-refractivity contribution in [3.63, 3.8) is 0 Å². The highest BCUT2D eigenvalue weighted by molar-refractivity contribution is 5.23. The lowest BCUT2D eigenvalue weighted by Crippen LogP contribution is -1.95. The van der Waals surface area contributed by atoms with E-state index in [0.717, 1.165) is 13.2 Å². The number of aryl methyl sites for hydroxylation is 2. The van der Waals surface area contributed by atoms with Gasteiger partial charge in [-0.25, -0.2) is 0 Å². The number of benzene rings is 1. The van der Waals surface area contributed by atoms with E-state index in [1.165, 1.54) is 36.8 Å². The summed E-state index contributed by atoms with van der Waals surface area (Å²) in [6.45, 7) is 10.5. The molecule has 0 amide bonds. The third-order valence-corrected chi connectivity index (χ3v) is 2.71. The van der Waals surface area contributed by atoms with Crippen LogP contribution in [0.2, 0.25) is 0 Å². The quantitative estimate of drug-likeness (QED) is 0.638. The molecule has 1 aromatic carbocycles. The van der Waals surface area contributed by atoms with Crippen LogP contribution in [0.1, 0.15) is 50.7 Å². The SMILES string of the molecule is CCCCOCCCC.Cc1ccccc1C. The summed E-state index contributed by atoms with van der Waals surface area (Å²) in [5.41, 5.74) is 2.74. The van der Waals surface area contributed by atoms with Crippen LogP contribution in [0.3, 0.4) is 0 Å². The molecule has 1 nitrogen and oxygen atoms in total. The van der Waals surface area contributed by atoms with Crippen LogP contribution < -0.4 is 0 Å². The Hall–Kier alpha value is -0.820. The van der Waals surface area contributed by atoms with E-state index in [9.17, 15) is 0 Å². The maximum atomic E-state index is 5.31. The van der Waals surface area contributed by atoms with E-state index < -0.39 is 0 Å². The smallest absolute Gasteiger partial charge is 0.0465 e. The molecule has 0 heterocycles. The summed E-state index contributed by atoms with van der Waals surface area (Å²) in [6, 6.07) is 8.36. The molecule has 0 aromatic heterocycles. The predicted octanol–water partition coefficient (Wildman–Crippen LogP) is 4.91. The summed E-state index contributed by atoms with van der Waals surface area (Å²) < 4.78 is 5.31. The van der Waals surface area contributed by atoms with Gasteiger partial charge in [-0.2, -0.15) is 0 Å². The van der Waals surface area contributed by atoms with Crippen LogP contribution in [0.4, 0.5) is 0 Å². The van der Waals surface area contributed by atoms with Gasteiger partial charge in [-0.1, -0.05) is 51.0 Å². The van der Waals surface area contributed by atoms with E-state index in [4.69, 9.17) is 4.74 Å². The Morgan fingerprint density at radius 1 is 0.824 bits per heavy atom. The van der Waals surface area contributed by atoms with E-state index in [1.54, 1.807) is 0 Å². The molecule has 1 heteroatoms. The number of ether oxygens (including phenoxy) is 1. The monoisotopic (exact) mass is 236 g/mol. The fourth-order valence-corrected chi connectivity index (χ4v) is 1.26. The van der Waals surface area contributed by atoms with Gasteiger partial charge in [0, 0.05) is 13.2 Å². The van der Waals surface area contributed by atoms with E-state index in [0.29, 0.717) is 0 Å². The van der Waals surface area contributed by atoms with Gasteiger partial charge in [0.05, 0.1) is 0 Å². The van der Waals surface area contributed by atoms with Crippen molar-refractivity contribution >= 4 is 0 Å². The zero-order chi connectivity index (χ0) is 12.9. The molecular weight excluding hydrogens is 208 g/mol. The Morgan fingerprint density at radius 2 is 1.24 bits per heavy atom. The first-order chi connectivity index (χ1) is 8.22. The fourth-order valence-electron chi connectivity index (χ4n) is 1.26. The van der Waals surface area contributed by atoms with Crippen LogP contribution in [0, 0.1) is 13.8 Å². The largest absolute Gasteiger partial charge is 0.381 e. The third-order valence-electron chi connectivity index (χ3n) is 2.71. The topological polar surface area (TPSA) is 9.23 Å². The van der Waals surface area contributed by atoms with E-state index >= 15 is 0 Å². The molecule has 0 radical (unpaired) electrons. The molecule has 0 saturated heterocycles. The Kier molecular flexibility index (Phi) is 11.1. The summed E-state index contributed by atoms with van der Waals surface area (Å²) in [6.07, 6.45) is 4.91. The van der Waals surface area contributed by atoms with E-state index in [1.807, 2.05) is 0 Å². The normalized spacial score (nSPS) is 9.65. The van der Waals surface area contributed by atoms with Gasteiger partial charge < -0.3 is 4.74 Å². The summed E-state index contributed by atoms with van der Waals surface area (Å²) in [7, 11) is 0. The van der Waals surface area contributed by atoms with Gasteiger partial charge in [0.25, 0.3) is 0 Å². The van der Waals surface area contributed by atoms with Crippen LogP contribution >= 0.6 is 0 Å². The van der Waals surface area contributed by atoms with Crippen LogP contribution in [-0.4, -0.2) is 13.2 Å². The number of unbranched alkanes of at least 4 members (excludes halogenated alkanes) is 2. The molecule has 0 N–H and O–H groups in total. The first kappa shape index (κ1) is 16.2. The van der Waals surface area contributed by atoms with Crippen molar-refractivity contribution in [1.29, 1.82) is 0 Å². The standard InChI is InChI=1S/C8H18O.C8H10/c1-3-5-7-9-8-6-4-2;1-7-5-3-4-6-8(7)2/h3-8H2,1-2H3;3-6H,1-2H3. The second-order valence-electron chi connectivity index (χ2n) is 4.40. The summed E-state index contributed by atoms with van der Waals surface area (Å²) in [5, 5.41) is 0. The second-order valence-corrected chi connectivity index (χ2v) is 4.40. The lowest BCUT2D eigenvalue weighted by Gasteiger charge is -1.99. The minimum atomic E-state index is 0.955. The molecule has 0 aliphatic carbocycles. The molecule has 1 aromatic rings. The van der Waals surface area contributed by atoms with Gasteiger partial charge >= 0.3 is 0 Å². The Morgan fingerprint density at radius 3 is 1.53 bits per heavy atom. The average molecular weight is 236 g/mol. The van der Waals surface area contributed by atoms with Gasteiger partial charge in [0.15, 0.2) is 0 Å². The van der Waals surface area contributed by atoms with Crippen molar-refractivity contribution in [2.75, 3.05) is 13.2 Å². The van der Waals surface area contributed by atoms with Crippen LogP contribution in [0.25, 0.3) is 0 Å². The number of hydrogen-bond donors (Lipinski definition) is 0. The average Bonchev–Trinajstić information content (AvgIpc) is 2.34. The van der Waals surface area contributed by atoms with Crippen LogP contribution in [0.5, 0.6) is 0 Å². The molecule has 0 aliphatic heterocycles. The molecule has 0 bridgehead atoms. The van der Waals surface area contributed by atoms with Crippen molar-refractivity contribution in [2.24, 2.45) is 0 Å².